The molecule has 96 valence electrons. The molecule has 1 aliphatic carbocycles. The summed E-state index contributed by atoms with van der Waals surface area (Å²) in [6, 6.07) is 12.7. The van der Waals surface area contributed by atoms with E-state index in [-0.39, 0.29) is 0 Å². The van der Waals surface area contributed by atoms with E-state index < -0.39 is 0 Å². The SMILES string of the molecule is CN(C)C1=CC=C(c2cc(-c3ccccc3)c[nH]2)C1. The van der Waals surface area contributed by atoms with Crippen LogP contribution < -0.4 is 0 Å². The topological polar surface area (TPSA) is 19.0 Å². The number of hydrogen-bond acceptors (Lipinski definition) is 1. The minimum atomic E-state index is 1.00. The lowest BCUT2D eigenvalue weighted by molar-refractivity contribution is 0.506. The highest BCUT2D eigenvalue weighted by Gasteiger charge is 2.13. The zero-order valence-electron chi connectivity index (χ0n) is 11.4. The van der Waals surface area contributed by atoms with Crippen LogP contribution in [-0.2, 0) is 0 Å². The van der Waals surface area contributed by atoms with Gasteiger partial charge < -0.3 is 9.88 Å². The molecule has 0 spiro atoms. The summed E-state index contributed by atoms with van der Waals surface area (Å²) in [7, 11) is 4.18. The first kappa shape index (κ1) is 11.8. The van der Waals surface area contributed by atoms with E-state index in [0.717, 1.165) is 6.42 Å². The predicted molar refractivity (Wildman–Crippen MR) is 80.6 cm³/mol. The van der Waals surface area contributed by atoms with Crippen molar-refractivity contribution in [2.75, 3.05) is 14.1 Å². The highest BCUT2D eigenvalue weighted by Crippen LogP contribution is 2.30. The molecule has 0 saturated carbocycles. The summed E-state index contributed by atoms with van der Waals surface area (Å²) in [6.07, 6.45) is 7.48. The molecule has 0 fully saturated rings. The largest absolute Gasteiger partial charge is 0.381 e. The molecular formula is C17H18N2. The molecule has 1 aliphatic rings. The van der Waals surface area contributed by atoms with Gasteiger partial charge in [0.2, 0.25) is 0 Å². The van der Waals surface area contributed by atoms with E-state index in [2.05, 4.69) is 72.7 Å². The fourth-order valence-corrected chi connectivity index (χ4v) is 2.38. The number of rotatable bonds is 3. The Kier molecular flexibility index (Phi) is 3.00. The molecule has 1 aromatic heterocycles. The lowest BCUT2D eigenvalue weighted by Gasteiger charge is -2.14. The van der Waals surface area contributed by atoms with E-state index >= 15 is 0 Å². The maximum Gasteiger partial charge on any atom is 0.0423 e. The van der Waals surface area contributed by atoms with Gasteiger partial charge in [-0.1, -0.05) is 36.4 Å². The first-order valence-electron chi connectivity index (χ1n) is 6.55. The number of hydrogen-bond donors (Lipinski definition) is 1. The fraction of sp³-hybridized carbons (Fsp3) is 0.176. The molecule has 1 aromatic carbocycles. The van der Waals surface area contributed by atoms with Crippen LogP contribution in [0.15, 0.2) is 60.4 Å². The molecule has 0 aliphatic heterocycles. The number of H-pyrrole nitrogens is 1. The second-order valence-electron chi connectivity index (χ2n) is 5.09. The summed E-state index contributed by atoms with van der Waals surface area (Å²) in [5.74, 6) is 0. The Bertz CT molecular complexity index is 630. The van der Waals surface area contributed by atoms with Gasteiger partial charge >= 0.3 is 0 Å². The van der Waals surface area contributed by atoms with Crippen LogP contribution in [0.3, 0.4) is 0 Å². The summed E-state index contributed by atoms with van der Waals surface area (Å²) in [6.45, 7) is 0. The van der Waals surface area contributed by atoms with Crippen LogP contribution in [0.5, 0.6) is 0 Å². The number of aromatic nitrogens is 1. The van der Waals surface area contributed by atoms with Gasteiger partial charge in [0.1, 0.15) is 0 Å². The second kappa shape index (κ2) is 4.81. The van der Waals surface area contributed by atoms with Gasteiger partial charge in [-0.05, 0) is 28.8 Å². The highest BCUT2D eigenvalue weighted by atomic mass is 15.1. The molecule has 0 atom stereocenters. The first-order valence-corrected chi connectivity index (χ1v) is 6.55. The third kappa shape index (κ3) is 2.34. The summed E-state index contributed by atoms with van der Waals surface area (Å²) >= 11 is 0. The third-order valence-electron chi connectivity index (χ3n) is 3.56. The van der Waals surface area contributed by atoms with Crippen LogP contribution in [0.25, 0.3) is 16.7 Å². The van der Waals surface area contributed by atoms with Crippen LogP contribution in [0.4, 0.5) is 0 Å². The Balaban J connectivity index is 1.81. The summed E-state index contributed by atoms with van der Waals surface area (Å²) < 4.78 is 0. The van der Waals surface area contributed by atoms with E-state index in [4.69, 9.17) is 0 Å². The van der Waals surface area contributed by atoms with Gasteiger partial charge in [-0.2, -0.15) is 0 Å². The van der Waals surface area contributed by atoms with Crippen LogP contribution in [0.2, 0.25) is 0 Å². The van der Waals surface area contributed by atoms with Crippen LogP contribution in [-0.4, -0.2) is 24.0 Å². The van der Waals surface area contributed by atoms with Gasteiger partial charge in [-0.15, -0.1) is 0 Å². The number of nitrogens with zero attached hydrogens (tertiary/aromatic N) is 1. The lowest BCUT2D eigenvalue weighted by Crippen LogP contribution is -2.09. The maximum atomic E-state index is 3.39. The van der Waals surface area contributed by atoms with Gasteiger partial charge in [0.25, 0.3) is 0 Å². The molecule has 0 bridgehead atoms. The Labute approximate surface area is 114 Å². The summed E-state index contributed by atoms with van der Waals surface area (Å²) in [4.78, 5) is 5.56. The van der Waals surface area contributed by atoms with Gasteiger partial charge in [0, 0.05) is 38.1 Å². The third-order valence-corrected chi connectivity index (χ3v) is 3.56. The van der Waals surface area contributed by atoms with Gasteiger partial charge in [-0.25, -0.2) is 0 Å². The first-order chi connectivity index (χ1) is 9.24. The molecule has 1 N–H and O–H groups in total. The van der Waals surface area contributed by atoms with Crippen molar-refractivity contribution in [3.8, 4) is 11.1 Å². The molecular weight excluding hydrogens is 232 g/mol. The smallest absolute Gasteiger partial charge is 0.0423 e. The predicted octanol–water partition coefficient (Wildman–Crippen LogP) is 3.91. The minimum Gasteiger partial charge on any atom is -0.381 e. The lowest BCUT2D eigenvalue weighted by atomic mass is 10.1. The highest BCUT2D eigenvalue weighted by molar-refractivity contribution is 5.75. The molecule has 3 rings (SSSR count). The molecule has 0 amide bonds. The average molecular weight is 250 g/mol. The molecule has 0 unspecified atom stereocenters. The Morgan fingerprint density at radius 2 is 1.79 bits per heavy atom. The van der Waals surface area contributed by atoms with Crippen LogP contribution in [0, 0.1) is 0 Å². The van der Waals surface area contributed by atoms with Crippen molar-refractivity contribution in [1.82, 2.24) is 9.88 Å². The minimum absolute atomic E-state index is 1.00. The molecule has 2 heteroatoms. The second-order valence-corrected chi connectivity index (χ2v) is 5.09. The molecule has 2 aromatic rings. The van der Waals surface area contributed by atoms with Crippen molar-refractivity contribution in [1.29, 1.82) is 0 Å². The maximum absolute atomic E-state index is 3.39. The van der Waals surface area contributed by atoms with Crippen LogP contribution >= 0.6 is 0 Å². The number of nitrogens with one attached hydrogen (secondary N) is 1. The zero-order valence-corrected chi connectivity index (χ0v) is 11.4. The van der Waals surface area contributed by atoms with Gasteiger partial charge in [-0.3, -0.25) is 0 Å². The number of aromatic amines is 1. The van der Waals surface area contributed by atoms with E-state index in [1.54, 1.807) is 0 Å². The Hall–Kier alpha value is -2.22. The van der Waals surface area contributed by atoms with Crippen molar-refractivity contribution in [2.24, 2.45) is 0 Å². The molecule has 2 nitrogen and oxygen atoms in total. The van der Waals surface area contributed by atoms with Gasteiger partial charge in [0.15, 0.2) is 0 Å². The zero-order chi connectivity index (χ0) is 13.2. The van der Waals surface area contributed by atoms with E-state index in [9.17, 15) is 0 Å². The van der Waals surface area contributed by atoms with Crippen molar-refractivity contribution in [3.05, 3.63) is 66.1 Å². The average Bonchev–Trinajstić information content (AvgIpc) is 3.09. The van der Waals surface area contributed by atoms with Crippen molar-refractivity contribution >= 4 is 5.57 Å². The number of allylic oxidation sites excluding steroid dienone is 3. The summed E-state index contributed by atoms with van der Waals surface area (Å²) in [5, 5.41) is 0. The Morgan fingerprint density at radius 1 is 1.00 bits per heavy atom. The van der Waals surface area contributed by atoms with Crippen molar-refractivity contribution in [3.63, 3.8) is 0 Å². The van der Waals surface area contributed by atoms with Gasteiger partial charge in [0.05, 0.1) is 0 Å². The molecule has 0 saturated heterocycles. The fourth-order valence-electron chi connectivity index (χ4n) is 2.38. The van der Waals surface area contributed by atoms with Crippen molar-refractivity contribution < 1.29 is 0 Å². The normalized spacial score (nSPS) is 14.2. The monoisotopic (exact) mass is 250 g/mol. The van der Waals surface area contributed by atoms with E-state index in [1.165, 1.54) is 28.1 Å². The standard InChI is InChI=1S/C17H18N2/c1-19(2)16-9-8-14(10-16)17-11-15(12-18-17)13-6-4-3-5-7-13/h3-9,11-12,18H,10H2,1-2H3. The van der Waals surface area contributed by atoms with E-state index in [1.807, 2.05) is 6.07 Å². The van der Waals surface area contributed by atoms with E-state index in [0.29, 0.717) is 0 Å². The molecule has 0 radical (unpaired) electrons. The summed E-state index contributed by atoms with van der Waals surface area (Å²) in [5.41, 5.74) is 6.42. The molecule has 19 heavy (non-hydrogen) atoms. The van der Waals surface area contributed by atoms with Crippen LogP contribution in [0.1, 0.15) is 12.1 Å². The number of benzene rings is 1. The molecule has 1 heterocycles. The quantitative estimate of drug-likeness (QED) is 0.875. The van der Waals surface area contributed by atoms with Crippen molar-refractivity contribution in [2.45, 2.75) is 6.42 Å². The Morgan fingerprint density at radius 3 is 2.47 bits per heavy atom.